The Bertz CT molecular complexity index is 694. The summed E-state index contributed by atoms with van der Waals surface area (Å²) in [5, 5.41) is 7.63. The summed E-state index contributed by atoms with van der Waals surface area (Å²) in [6.45, 7) is 7.74. The van der Waals surface area contributed by atoms with Crippen molar-refractivity contribution in [3.63, 3.8) is 0 Å². The highest BCUT2D eigenvalue weighted by Crippen LogP contribution is 2.13. The van der Waals surface area contributed by atoms with Crippen molar-refractivity contribution in [1.82, 2.24) is 5.01 Å². The fourth-order valence-corrected chi connectivity index (χ4v) is 3.18. The third kappa shape index (κ3) is 5.21. The number of nitrogens with zero attached hydrogens (tertiary/aromatic N) is 2. The summed E-state index contributed by atoms with van der Waals surface area (Å²) >= 11 is 6.26. The van der Waals surface area contributed by atoms with Crippen LogP contribution in [0, 0.1) is 0 Å². The molecule has 5 heteroatoms. The van der Waals surface area contributed by atoms with E-state index in [-0.39, 0.29) is 0 Å². The summed E-state index contributed by atoms with van der Waals surface area (Å²) in [7, 11) is 0. The van der Waals surface area contributed by atoms with Gasteiger partial charge in [0.2, 0.25) is 0 Å². The Morgan fingerprint density at radius 1 is 1.12 bits per heavy atom. The summed E-state index contributed by atoms with van der Waals surface area (Å²) in [5.74, 6) is 0.899. The Kier molecular flexibility index (Phi) is 6.31. The van der Waals surface area contributed by atoms with Crippen LogP contribution in [0.1, 0.15) is 18.1 Å². The number of hydrazone groups is 1. The second kappa shape index (κ2) is 8.88. The SMILES string of the molecule is CCOc1ccc(/C=N/N2CC[NH+](Cc3ccccc3Cl)CC2)cc1. The summed E-state index contributed by atoms with van der Waals surface area (Å²) < 4.78 is 5.46. The van der Waals surface area contributed by atoms with E-state index >= 15 is 0 Å². The lowest BCUT2D eigenvalue weighted by Gasteiger charge is -2.30. The van der Waals surface area contributed by atoms with Crippen molar-refractivity contribution in [2.75, 3.05) is 32.8 Å². The van der Waals surface area contributed by atoms with Crippen molar-refractivity contribution < 1.29 is 9.64 Å². The predicted octanol–water partition coefficient (Wildman–Crippen LogP) is 2.47. The van der Waals surface area contributed by atoms with E-state index in [2.05, 4.69) is 22.2 Å². The minimum atomic E-state index is 0.689. The van der Waals surface area contributed by atoms with Gasteiger partial charge in [-0.05, 0) is 42.8 Å². The Morgan fingerprint density at radius 3 is 2.52 bits per heavy atom. The van der Waals surface area contributed by atoms with E-state index in [0.717, 1.165) is 49.1 Å². The molecule has 0 aromatic heterocycles. The molecular formula is C20H25ClN3O+. The van der Waals surface area contributed by atoms with Gasteiger partial charge in [-0.15, -0.1) is 0 Å². The highest BCUT2D eigenvalue weighted by Gasteiger charge is 2.19. The zero-order valence-corrected chi connectivity index (χ0v) is 15.4. The molecule has 1 N–H and O–H groups in total. The second-order valence-corrected chi connectivity index (χ2v) is 6.63. The first-order valence-electron chi connectivity index (χ1n) is 8.83. The maximum absolute atomic E-state index is 6.26. The van der Waals surface area contributed by atoms with E-state index in [0.29, 0.717) is 6.61 Å². The molecule has 0 radical (unpaired) electrons. The van der Waals surface area contributed by atoms with Gasteiger partial charge < -0.3 is 9.64 Å². The van der Waals surface area contributed by atoms with Crippen molar-refractivity contribution in [3.05, 3.63) is 64.7 Å². The molecule has 1 fully saturated rings. The van der Waals surface area contributed by atoms with Gasteiger partial charge >= 0.3 is 0 Å². The molecule has 0 bridgehead atoms. The summed E-state index contributed by atoms with van der Waals surface area (Å²) in [5.41, 5.74) is 2.32. The molecule has 1 saturated heterocycles. The van der Waals surface area contributed by atoms with E-state index in [1.165, 1.54) is 5.56 Å². The third-order valence-electron chi connectivity index (χ3n) is 4.41. The highest BCUT2D eigenvalue weighted by atomic mass is 35.5. The maximum Gasteiger partial charge on any atom is 0.119 e. The average molecular weight is 359 g/mol. The number of rotatable bonds is 6. The van der Waals surface area contributed by atoms with Crippen LogP contribution in [0.3, 0.4) is 0 Å². The molecule has 0 atom stereocenters. The summed E-state index contributed by atoms with van der Waals surface area (Å²) in [6, 6.07) is 16.2. The number of quaternary nitrogens is 1. The van der Waals surface area contributed by atoms with Gasteiger partial charge in [-0.3, -0.25) is 5.01 Å². The highest BCUT2D eigenvalue weighted by molar-refractivity contribution is 6.31. The van der Waals surface area contributed by atoms with Gasteiger partial charge in [-0.2, -0.15) is 5.10 Å². The fourth-order valence-electron chi connectivity index (χ4n) is 2.98. The topological polar surface area (TPSA) is 29.3 Å². The number of nitrogens with one attached hydrogen (secondary N) is 1. The Morgan fingerprint density at radius 2 is 1.84 bits per heavy atom. The quantitative estimate of drug-likeness (QED) is 0.804. The van der Waals surface area contributed by atoms with Crippen molar-refractivity contribution in [3.8, 4) is 5.75 Å². The third-order valence-corrected chi connectivity index (χ3v) is 4.78. The molecule has 1 aliphatic heterocycles. The molecule has 0 spiro atoms. The van der Waals surface area contributed by atoms with E-state index in [4.69, 9.17) is 16.3 Å². The Labute approximate surface area is 154 Å². The molecule has 4 nitrogen and oxygen atoms in total. The maximum atomic E-state index is 6.26. The van der Waals surface area contributed by atoms with Crippen LogP contribution in [-0.2, 0) is 6.54 Å². The molecule has 1 aliphatic rings. The number of hydrogen-bond donors (Lipinski definition) is 1. The number of halogens is 1. The van der Waals surface area contributed by atoms with Crippen LogP contribution in [0.4, 0.5) is 0 Å². The molecular weight excluding hydrogens is 334 g/mol. The van der Waals surface area contributed by atoms with Crippen molar-refractivity contribution in [2.45, 2.75) is 13.5 Å². The monoisotopic (exact) mass is 358 g/mol. The molecule has 1 heterocycles. The molecule has 0 unspecified atom stereocenters. The van der Waals surface area contributed by atoms with Crippen LogP contribution < -0.4 is 9.64 Å². The molecule has 0 aliphatic carbocycles. The van der Waals surface area contributed by atoms with Crippen LogP contribution in [0.2, 0.25) is 5.02 Å². The van der Waals surface area contributed by atoms with E-state index in [1.807, 2.05) is 49.5 Å². The van der Waals surface area contributed by atoms with E-state index in [9.17, 15) is 0 Å². The molecule has 132 valence electrons. The zero-order chi connectivity index (χ0) is 17.5. The molecule has 2 aromatic carbocycles. The van der Waals surface area contributed by atoms with Crippen LogP contribution in [0.25, 0.3) is 0 Å². The van der Waals surface area contributed by atoms with E-state index < -0.39 is 0 Å². The van der Waals surface area contributed by atoms with Gasteiger partial charge in [0.15, 0.2) is 0 Å². The molecule has 25 heavy (non-hydrogen) atoms. The van der Waals surface area contributed by atoms with Crippen LogP contribution in [-0.4, -0.2) is 44.0 Å². The van der Waals surface area contributed by atoms with Crippen LogP contribution >= 0.6 is 11.6 Å². The van der Waals surface area contributed by atoms with Gasteiger partial charge in [0.05, 0.1) is 39.0 Å². The zero-order valence-electron chi connectivity index (χ0n) is 14.6. The van der Waals surface area contributed by atoms with Gasteiger partial charge in [-0.25, -0.2) is 0 Å². The lowest BCUT2D eigenvalue weighted by Crippen LogP contribution is -3.13. The van der Waals surface area contributed by atoms with Gasteiger partial charge in [0, 0.05) is 10.6 Å². The summed E-state index contributed by atoms with van der Waals surface area (Å²) in [6.07, 6.45) is 1.93. The van der Waals surface area contributed by atoms with Crippen molar-refractivity contribution >= 4 is 17.8 Å². The first-order chi connectivity index (χ1) is 12.2. The Hall–Kier alpha value is -2.04. The van der Waals surface area contributed by atoms with Crippen LogP contribution in [0.5, 0.6) is 5.75 Å². The van der Waals surface area contributed by atoms with Crippen molar-refractivity contribution in [1.29, 1.82) is 0 Å². The fraction of sp³-hybridized carbons (Fsp3) is 0.350. The second-order valence-electron chi connectivity index (χ2n) is 6.22. The number of piperazine rings is 1. The molecule has 3 rings (SSSR count). The Balaban J connectivity index is 1.48. The van der Waals surface area contributed by atoms with Crippen molar-refractivity contribution in [2.24, 2.45) is 5.10 Å². The first-order valence-corrected chi connectivity index (χ1v) is 9.21. The summed E-state index contributed by atoms with van der Waals surface area (Å²) in [4.78, 5) is 1.56. The first kappa shape index (κ1) is 17.8. The lowest BCUT2D eigenvalue weighted by molar-refractivity contribution is -0.918. The van der Waals surface area contributed by atoms with Crippen LogP contribution in [0.15, 0.2) is 53.6 Å². The normalized spacial score (nSPS) is 15.7. The number of ether oxygens (including phenoxy) is 1. The smallest absolute Gasteiger partial charge is 0.119 e. The van der Waals surface area contributed by atoms with E-state index in [1.54, 1.807) is 4.90 Å². The van der Waals surface area contributed by atoms with Gasteiger partial charge in [0.1, 0.15) is 12.3 Å². The largest absolute Gasteiger partial charge is 0.494 e. The predicted molar refractivity (Wildman–Crippen MR) is 103 cm³/mol. The standard InChI is InChI=1S/C20H24ClN3O/c1-2-25-19-9-7-17(8-10-19)15-22-24-13-11-23(12-14-24)16-18-5-3-4-6-20(18)21/h3-10,15H,2,11-14,16H2,1H3/p+1/b22-15+. The molecule has 0 saturated carbocycles. The molecule has 0 amide bonds. The molecule has 2 aromatic rings. The number of benzene rings is 2. The van der Waals surface area contributed by atoms with Gasteiger partial charge in [0.25, 0.3) is 0 Å². The lowest BCUT2D eigenvalue weighted by atomic mass is 10.2. The van der Waals surface area contributed by atoms with Gasteiger partial charge in [-0.1, -0.05) is 29.8 Å². The number of hydrogen-bond acceptors (Lipinski definition) is 3. The average Bonchev–Trinajstić information content (AvgIpc) is 2.64. The minimum absolute atomic E-state index is 0.689. The minimum Gasteiger partial charge on any atom is -0.494 e.